The highest BCUT2D eigenvalue weighted by atomic mass is 16.5. The van der Waals surface area contributed by atoms with Crippen molar-refractivity contribution in [1.82, 2.24) is 29.6 Å². The van der Waals surface area contributed by atoms with Crippen LogP contribution in [0.2, 0.25) is 0 Å². The second kappa shape index (κ2) is 6.41. The Labute approximate surface area is 137 Å². The van der Waals surface area contributed by atoms with Crippen LogP contribution in [0.1, 0.15) is 39.1 Å². The molecule has 126 valence electrons. The molecule has 0 radical (unpaired) electrons. The number of nitrogens with one attached hydrogen (secondary N) is 1. The van der Waals surface area contributed by atoms with Gasteiger partial charge in [0.15, 0.2) is 0 Å². The summed E-state index contributed by atoms with van der Waals surface area (Å²) in [6.45, 7) is 8.22. The molecule has 3 heterocycles. The number of ether oxygens (including phenoxy) is 1. The average molecular weight is 318 g/mol. The first-order valence-electron chi connectivity index (χ1n) is 8.17. The lowest BCUT2D eigenvalue weighted by atomic mass is 9.94. The molecule has 1 unspecified atom stereocenters. The Kier molecular flexibility index (Phi) is 4.50. The molecular weight excluding hydrogens is 292 g/mol. The summed E-state index contributed by atoms with van der Waals surface area (Å²) < 4.78 is 9.89. The molecule has 1 aliphatic heterocycles. The van der Waals surface area contributed by atoms with Crippen LogP contribution in [0, 0.1) is 5.92 Å². The summed E-state index contributed by atoms with van der Waals surface area (Å²) in [6, 6.07) is 0.256. The van der Waals surface area contributed by atoms with E-state index in [2.05, 4.69) is 41.2 Å². The van der Waals surface area contributed by atoms with Gasteiger partial charge in [-0.05, 0) is 27.2 Å². The number of hydrogen-bond donors (Lipinski definition) is 1. The molecule has 0 saturated carbocycles. The van der Waals surface area contributed by atoms with Gasteiger partial charge in [-0.25, -0.2) is 14.6 Å². The summed E-state index contributed by atoms with van der Waals surface area (Å²) in [6.07, 6.45) is 8.28. The van der Waals surface area contributed by atoms with Crippen molar-refractivity contribution < 1.29 is 4.74 Å². The van der Waals surface area contributed by atoms with E-state index in [-0.39, 0.29) is 17.7 Å². The number of aromatic nitrogens is 5. The van der Waals surface area contributed by atoms with E-state index in [1.807, 2.05) is 28.7 Å². The average Bonchev–Trinajstić information content (AvgIpc) is 3.25. The van der Waals surface area contributed by atoms with E-state index < -0.39 is 0 Å². The van der Waals surface area contributed by atoms with Gasteiger partial charge in [-0.15, -0.1) is 0 Å². The molecule has 2 aromatic heterocycles. The van der Waals surface area contributed by atoms with Crippen molar-refractivity contribution in [3.63, 3.8) is 0 Å². The number of aryl methyl sites for hydroxylation is 1. The molecule has 7 heteroatoms. The first kappa shape index (κ1) is 16.1. The molecule has 3 atom stereocenters. The molecular formula is C16H26N6O. The van der Waals surface area contributed by atoms with Gasteiger partial charge in [0.05, 0.1) is 5.54 Å². The van der Waals surface area contributed by atoms with E-state index in [4.69, 9.17) is 4.74 Å². The van der Waals surface area contributed by atoms with E-state index in [9.17, 15) is 0 Å². The van der Waals surface area contributed by atoms with Gasteiger partial charge in [-0.1, -0.05) is 0 Å². The minimum Gasteiger partial charge on any atom is -0.370 e. The van der Waals surface area contributed by atoms with Gasteiger partial charge in [0, 0.05) is 44.6 Å². The molecule has 3 rings (SSSR count). The van der Waals surface area contributed by atoms with Crippen molar-refractivity contribution in [3.05, 3.63) is 30.9 Å². The maximum atomic E-state index is 5.93. The van der Waals surface area contributed by atoms with E-state index in [1.165, 1.54) is 0 Å². The number of rotatable bonds is 6. The molecule has 0 bridgehead atoms. The van der Waals surface area contributed by atoms with E-state index >= 15 is 0 Å². The van der Waals surface area contributed by atoms with Crippen LogP contribution in [0.5, 0.6) is 0 Å². The summed E-state index contributed by atoms with van der Waals surface area (Å²) in [5, 5.41) is 7.94. The highest BCUT2D eigenvalue weighted by molar-refractivity contribution is 5.01. The Morgan fingerprint density at radius 2 is 2.30 bits per heavy atom. The molecule has 7 nitrogen and oxygen atoms in total. The van der Waals surface area contributed by atoms with Crippen molar-refractivity contribution in [2.24, 2.45) is 13.0 Å². The summed E-state index contributed by atoms with van der Waals surface area (Å²) in [5.41, 5.74) is -0.144. The maximum Gasteiger partial charge on any atom is 0.137 e. The quantitative estimate of drug-likeness (QED) is 0.874. The predicted octanol–water partition coefficient (Wildman–Crippen LogP) is 1.50. The number of hydrogen-bond acceptors (Lipinski definition) is 5. The van der Waals surface area contributed by atoms with Gasteiger partial charge >= 0.3 is 0 Å². The monoisotopic (exact) mass is 318 g/mol. The van der Waals surface area contributed by atoms with Gasteiger partial charge in [0.1, 0.15) is 24.6 Å². The maximum absolute atomic E-state index is 5.93. The summed E-state index contributed by atoms with van der Waals surface area (Å²) in [5.74, 6) is 1.45. The SMILES string of the molecule is CC(NC[C@@H]1CCO[C@H]1c1nccn1C)C(C)(C)n1cncn1. The predicted molar refractivity (Wildman–Crippen MR) is 86.8 cm³/mol. The van der Waals surface area contributed by atoms with Crippen LogP contribution in [0.3, 0.4) is 0 Å². The minimum absolute atomic E-state index is 0.0733. The first-order chi connectivity index (χ1) is 11.0. The Bertz CT molecular complexity index is 620. The van der Waals surface area contributed by atoms with Gasteiger partial charge < -0.3 is 14.6 Å². The second-order valence-electron chi connectivity index (χ2n) is 6.86. The van der Waals surface area contributed by atoms with Crippen LogP contribution in [0.25, 0.3) is 0 Å². The lowest BCUT2D eigenvalue weighted by Gasteiger charge is -2.33. The standard InChI is InChI=1S/C16H26N6O/c1-12(16(2,3)22-11-17-10-20-22)19-9-13-5-8-23-14(13)15-18-6-7-21(15)4/h6-7,10-14,19H,5,8-9H2,1-4H3/t12?,13-,14+/m0/s1. The Morgan fingerprint density at radius 1 is 1.48 bits per heavy atom. The third-order valence-electron chi connectivity index (χ3n) is 5.08. The van der Waals surface area contributed by atoms with Crippen LogP contribution < -0.4 is 5.32 Å². The summed E-state index contributed by atoms with van der Waals surface area (Å²) in [4.78, 5) is 8.51. The fraction of sp³-hybridized carbons (Fsp3) is 0.688. The molecule has 0 spiro atoms. The van der Waals surface area contributed by atoms with Crippen molar-refractivity contribution in [2.75, 3.05) is 13.2 Å². The molecule has 2 aromatic rings. The molecule has 0 amide bonds. The number of nitrogens with zero attached hydrogens (tertiary/aromatic N) is 5. The summed E-state index contributed by atoms with van der Waals surface area (Å²) >= 11 is 0. The van der Waals surface area contributed by atoms with E-state index in [0.717, 1.165) is 25.4 Å². The lowest BCUT2D eigenvalue weighted by molar-refractivity contribution is 0.0789. The molecule has 1 saturated heterocycles. The minimum atomic E-state index is -0.144. The van der Waals surface area contributed by atoms with E-state index in [0.29, 0.717) is 5.92 Å². The van der Waals surface area contributed by atoms with Crippen LogP contribution in [0.15, 0.2) is 25.0 Å². The molecule has 0 aliphatic carbocycles. The lowest BCUT2D eigenvalue weighted by Crippen LogP contribution is -2.48. The first-order valence-corrected chi connectivity index (χ1v) is 8.17. The highest BCUT2D eigenvalue weighted by Crippen LogP contribution is 2.33. The Morgan fingerprint density at radius 3 is 2.96 bits per heavy atom. The van der Waals surface area contributed by atoms with Crippen LogP contribution in [0.4, 0.5) is 0 Å². The topological polar surface area (TPSA) is 69.8 Å². The smallest absolute Gasteiger partial charge is 0.137 e. The largest absolute Gasteiger partial charge is 0.370 e. The van der Waals surface area contributed by atoms with Crippen LogP contribution >= 0.6 is 0 Å². The summed E-state index contributed by atoms with van der Waals surface area (Å²) in [7, 11) is 2.02. The fourth-order valence-corrected chi connectivity index (χ4v) is 3.06. The zero-order valence-corrected chi connectivity index (χ0v) is 14.3. The third-order valence-corrected chi connectivity index (χ3v) is 5.08. The van der Waals surface area contributed by atoms with E-state index in [1.54, 1.807) is 12.7 Å². The van der Waals surface area contributed by atoms with Crippen molar-refractivity contribution >= 4 is 0 Å². The van der Waals surface area contributed by atoms with Gasteiger partial charge in [0.2, 0.25) is 0 Å². The van der Waals surface area contributed by atoms with Crippen LogP contribution in [-0.4, -0.2) is 43.5 Å². The highest BCUT2D eigenvalue weighted by Gasteiger charge is 2.34. The fourth-order valence-electron chi connectivity index (χ4n) is 3.06. The van der Waals surface area contributed by atoms with Crippen molar-refractivity contribution in [1.29, 1.82) is 0 Å². The van der Waals surface area contributed by atoms with Gasteiger partial charge in [0.25, 0.3) is 0 Å². The van der Waals surface area contributed by atoms with Gasteiger partial charge in [-0.2, -0.15) is 5.10 Å². The van der Waals surface area contributed by atoms with Gasteiger partial charge in [-0.3, -0.25) is 0 Å². The van der Waals surface area contributed by atoms with Crippen molar-refractivity contribution in [2.45, 2.75) is 44.9 Å². The molecule has 1 N–H and O–H groups in total. The zero-order chi connectivity index (χ0) is 16.4. The Hall–Kier alpha value is -1.73. The second-order valence-corrected chi connectivity index (χ2v) is 6.86. The molecule has 1 fully saturated rings. The number of imidazole rings is 1. The van der Waals surface area contributed by atoms with Crippen molar-refractivity contribution in [3.8, 4) is 0 Å². The third kappa shape index (κ3) is 3.16. The van der Waals surface area contributed by atoms with Crippen LogP contribution in [-0.2, 0) is 17.3 Å². The molecule has 0 aromatic carbocycles. The zero-order valence-electron chi connectivity index (χ0n) is 14.3. The molecule has 1 aliphatic rings. The normalized spacial score (nSPS) is 23.3. The molecule has 23 heavy (non-hydrogen) atoms. The Balaban J connectivity index is 1.62.